The molecule has 1 aliphatic carbocycles. The van der Waals surface area contributed by atoms with Gasteiger partial charge in [0.25, 0.3) is 0 Å². The third-order valence-corrected chi connectivity index (χ3v) is 3.76. The molecule has 0 aromatic rings. The Hall–Kier alpha value is -1.32. The number of allylic oxidation sites excluding steroid dienone is 2. The van der Waals surface area contributed by atoms with Crippen molar-refractivity contribution in [2.24, 2.45) is 11.3 Å². The van der Waals surface area contributed by atoms with E-state index >= 15 is 0 Å². The van der Waals surface area contributed by atoms with Crippen LogP contribution in [0.1, 0.15) is 33.1 Å². The molecule has 0 saturated carbocycles. The van der Waals surface area contributed by atoms with Crippen molar-refractivity contribution in [2.45, 2.75) is 33.1 Å². The first-order chi connectivity index (χ1) is 7.97. The van der Waals surface area contributed by atoms with Crippen LogP contribution >= 0.6 is 0 Å². The third kappa shape index (κ3) is 2.51. The van der Waals surface area contributed by atoms with Gasteiger partial charge in [0, 0.05) is 5.41 Å². The van der Waals surface area contributed by atoms with Crippen LogP contribution < -0.4 is 0 Å². The second kappa shape index (κ2) is 5.34. The smallest absolute Gasteiger partial charge is 0.320 e. The molecule has 1 rings (SSSR count). The summed E-state index contributed by atoms with van der Waals surface area (Å²) in [6.07, 6.45) is 4.85. The summed E-state index contributed by atoms with van der Waals surface area (Å²) in [4.78, 5) is 23.6. The Morgan fingerprint density at radius 3 is 2.24 bits per heavy atom. The molecular weight excluding hydrogens is 220 g/mol. The summed E-state index contributed by atoms with van der Waals surface area (Å²) in [6, 6.07) is 0. The first-order valence-electron chi connectivity index (χ1n) is 5.80. The van der Waals surface area contributed by atoms with Gasteiger partial charge in [-0.25, -0.2) is 0 Å². The van der Waals surface area contributed by atoms with Crippen LogP contribution in [0.25, 0.3) is 0 Å². The molecule has 0 amide bonds. The highest BCUT2D eigenvalue weighted by Gasteiger charge is 2.47. The molecule has 1 atom stereocenters. The van der Waals surface area contributed by atoms with Crippen molar-refractivity contribution in [3.8, 4) is 0 Å². The van der Waals surface area contributed by atoms with Gasteiger partial charge in [-0.05, 0) is 26.2 Å². The molecule has 0 spiro atoms. The molecule has 0 saturated heterocycles. The summed E-state index contributed by atoms with van der Waals surface area (Å²) in [6.45, 7) is 3.88. The van der Waals surface area contributed by atoms with Gasteiger partial charge in [-0.3, -0.25) is 9.59 Å². The van der Waals surface area contributed by atoms with E-state index in [4.69, 9.17) is 9.47 Å². The van der Waals surface area contributed by atoms with Gasteiger partial charge in [-0.2, -0.15) is 0 Å². The molecule has 4 nitrogen and oxygen atoms in total. The highest BCUT2D eigenvalue weighted by molar-refractivity contribution is 5.96. The minimum atomic E-state index is -0.867. The van der Waals surface area contributed by atoms with Crippen molar-refractivity contribution in [3.63, 3.8) is 0 Å². The molecule has 4 heteroatoms. The summed E-state index contributed by atoms with van der Waals surface area (Å²) < 4.78 is 9.47. The maximum absolute atomic E-state index is 11.8. The van der Waals surface area contributed by atoms with Crippen LogP contribution in [-0.4, -0.2) is 26.2 Å². The van der Waals surface area contributed by atoms with Crippen LogP contribution in [0, 0.1) is 11.3 Å². The Morgan fingerprint density at radius 2 is 1.82 bits per heavy atom. The van der Waals surface area contributed by atoms with E-state index in [0.717, 1.165) is 24.8 Å². The van der Waals surface area contributed by atoms with E-state index < -0.39 is 23.3 Å². The van der Waals surface area contributed by atoms with Gasteiger partial charge in [0.15, 0.2) is 5.92 Å². The van der Waals surface area contributed by atoms with E-state index in [-0.39, 0.29) is 0 Å². The average molecular weight is 240 g/mol. The van der Waals surface area contributed by atoms with Crippen LogP contribution in [-0.2, 0) is 19.1 Å². The first kappa shape index (κ1) is 13.7. The van der Waals surface area contributed by atoms with Crippen molar-refractivity contribution < 1.29 is 19.1 Å². The van der Waals surface area contributed by atoms with Gasteiger partial charge < -0.3 is 9.47 Å². The number of esters is 2. The lowest BCUT2D eigenvalue weighted by Crippen LogP contribution is -2.42. The Kier molecular flexibility index (Phi) is 4.32. The highest BCUT2D eigenvalue weighted by Crippen LogP contribution is 2.44. The number of rotatable bonds is 3. The second-order valence-corrected chi connectivity index (χ2v) is 4.68. The zero-order valence-corrected chi connectivity index (χ0v) is 10.9. The summed E-state index contributed by atoms with van der Waals surface area (Å²) >= 11 is 0. The normalized spacial score (nSPS) is 24.2. The standard InChI is InChI=1S/C13H20O4/c1-9-7-5-6-8-13(9,2)10(11(14)16-3)12(15)17-4/h7,10H,5-6,8H2,1-4H3. The number of methoxy groups -OCH3 is 2. The van der Waals surface area contributed by atoms with Crippen molar-refractivity contribution in [3.05, 3.63) is 11.6 Å². The molecule has 0 aromatic carbocycles. The van der Waals surface area contributed by atoms with Gasteiger partial charge in [-0.15, -0.1) is 0 Å². The first-order valence-corrected chi connectivity index (χ1v) is 5.80. The maximum Gasteiger partial charge on any atom is 0.320 e. The van der Waals surface area contributed by atoms with E-state index in [1.807, 2.05) is 13.8 Å². The SMILES string of the molecule is COC(=O)C(C(=O)OC)C1(C)CCCC=C1C. The average Bonchev–Trinajstić information content (AvgIpc) is 2.32. The largest absolute Gasteiger partial charge is 0.468 e. The minimum absolute atomic E-state index is 0.488. The lowest BCUT2D eigenvalue weighted by molar-refractivity contribution is -0.164. The Morgan fingerprint density at radius 1 is 1.29 bits per heavy atom. The van der Waals surface area contributed by atoms with Crippen molar-refractivity contribution in [2.75, 3.05) is 14.2 Å². The van der Waals surface area contributed by atoms with Crippen LogP contribution in [0.2, 0.25) is 0 Å². The molecule has 1 unspecified atom stereocenters. The Labute approximate surface area is 102 Å². The topological polar surface area (TPSA) is 52.6 Å². The van der Waals surface area contributed by atoms with Crippen LogP contribution in [0.15, 0.2) is 11.6 Å². The zero-order chi connectivity index (χ0) is 13.1. The molecule has 0 N–H and O–H groups in total. The lowest BCUT2D eigenvalue weighted by atomic mass is 9.66. The van der Waals surface area contributed by atoms with E-state index in [2.05, 4.69) is 6.08 Å². The number of hydrogen-bond acceptors (Lipinski definition) is 4. The fourth-order valence-electron chi connectivity index (χ4n) is 2.44. The summed E-state index contributed by atoms with van der Waals surface area (Å²) in [5, 5.41) is 0. The van der Waals surface area contributed by atoms with Crippen LogP contribution in [0.3, 0.4) is 0 Å². The predicted molar refractivity (Wildman–Crippen MR) is 63.2 cm³/mol. The van der Waals surface area contributed by atoms with E-state index in [1.54, 1.807) is 0 Å². The molecule has 0 aromatic heterocycles. The molecule has 17 heavy (non-hydrogen) atoms. The molecule has 0 bridgehead atoms. The predicted octanol–water partition coefficient (Wildman–Crippen LogP) is 2.09. The van der Waals surface area contributed by atoms with Crippen molar-refractivity contribution in [1.29, 1.82) is 0 Å². The van der Waals surface area contributed by atoms with E-state index in [0.29, 0.717) is 0 Å². The fourth-order valence-corrected chi connectivity index (χ4v) is 2.44. The highest BCUT2D eigenvalue weighted by atomic mass is 16.5. The fraction of sp³-hybridized carbons (Fsp3) is 0.692. The molecule has 0 fully saturated rings. The molecule has 0 heterocycles. The van der Waals surface area contributed by atoms with Crippen molar-refractivity contribution in [1.82, 2.24) is 0 Å². The van der Waals surface area contributed by atoms with E-state index in [9.17, 15) is 9.59 Å². The van der Waals surface area contributed by atoms with Crippen LogP contribution in [0.4, 0.5) is 0 Å². The number of carbonyl (C=O) groups is 2. The Bertz CT molecular complexity index is 329. The van der Waals surface area contributed by atoms with Gasteiger partial charge >= 0.3 is 11.9 Å². The van der Waals surface area contributed by atoms with Crippen LogP contribution in [0.5, 0.6) is 0 Å². The third-order valence-electron chi connectivity index (χ3n) is 3.76. The molecule has 1 aliphatic rings. The zero-order valence-electron chi connectivity index (χ0n) is 10.9. The molecule has 96 valence electrons. The molecule has 0 aliphatic heterocycles. The summed E-state index contributed by atoms with van der Waals surface area (Å²) in [5.41, 5.74) is 0.572. The molecular formula is C13H20O4. The van der Waals surface area contributed by atoms with E-state index in [1.165, 1.54) is 14.2 Å². The molecule has 0 radical (unpaired) electrons. The van der Waals surface area contributed by atoms with Crippen molar-refractivity contribution >= 4 is 11.9 Å². The maximum atomic E-state index is 11.8. The summed E-state index contributed by atoms with van der Waals surface area (Å²) in [5.74, 6) is -1.91. The van der Waals surface area contributed by atoms with Gasteiger partial charge in [0.05, 0.1) is 14.2 Å². The van der Waals surface area contributed by atoms with Gasteiger partial charge in [0.2, 0.25) is 0 Å². The second-order valence-electron chi connectivity index (χ2n) is 4.68. The number of carbonyl (C=O) groups excluding carboxylic acids is 2. The van der Waals surface area contributed by atoms with Gasteiger partial charge in [0.1, 0.15) is 0 Å². The summed E-state index contributed by atoms with van der Waals surface area (Å²) in [7, 11) is 2.59. The lowest BCUT2D eigenvalue weighted by Gasteiger charge is -2.37. The Balaban J connectivity index is 3.12. The number of hydrogen-bond donors (Lipinski definition) is 0. The minimum Gasteiger partial charge on any atom is -0.468 e. The number of ether oxygens (including phenoxy) is 2. The van der Waals surface area contributed by atoms with Gasteiger partial charge in [-0.1, -0.05) is 18.6 Å². The quantitative estimate of drug-likeness (QED) is 0.430. The monoisotopic (exact) mass is 240 g/mol.